The van der Waals surface area contributed by atoms with Gasteiger partial charge in [0.25, 0.3) is 0 Å². The van der Waals surface area contributed by atoms with E-state index in [1.54, 1.807) is 10.8 Å². The molecule has 0 aliphatic carbocycles. The Hall–Kier alpha value is -1.66. The van der Waals surface area contributed by atoms with Gasteiger partial charge in [0, 0.05) is 17.3 Å². The number of aromatic nitrogens is 2. The SMILES string of the molecule is Cc1csc(=O)n1Cc1ccnc(NN)c1. The van der Waals surface area contributed by atoms with Gasteiger partial charge in [0.15, 0.2) is 0 Å². The number of nitrogens with one attached hydrogen (secondary N) is 1. The molecular formula is C10H12N4OS. The smallest absolute Gasteiger partial charge is 0.307 e. The first-order valence-electron chi connectivity index (χ1n) is 4.77. The summed E-state index contributed by atoms with van der Waals surface area (Å²) in [5.41, 5.74) is 4.44. The Bertz CT molecular complexity index is 546. The maximum absolute atomic E-state index is 11.5. The number of nitrogens with two attached hydrogens (primary N) is 1. The molecule has 0 unspecified atom stereocenters. The average molecular weight is 236 g/mol. The van der Waals surface area contributed by atoms with Crippen LogP contribution in [-0.2, 0) is 6.54 Å². The van der Waals surface area contributed by atoms with Gasteiger partial charge in [-0.1, -0.05) is 11.3 Å². The monoisotopic (exact) mass is 236 g/mol. The van der Waals surface area contributed by atoms with Crippen LogP contribution in [0.15, 0.2) is 28.5 Å². The molecule has 0 atom stereocenters. The molecule has 0 aliphatic rings. The maximum atomic E-state index is 11.5. The number of nitrogens with zero attached hydrogens (tertiary/aromatic N) is 2. The fraction of sp³-hybridized carbons (Fsp3) is 0.200. The third-order valence-electron chi connectivity index (χ3n) is 2.29. The van der Waals surface area contributed by atoms with E-state index in [0.29, 0.717) is 12.4 Å². The van der Waals surface area contributed by atoms with Gasteiger partial charge in [-0.05, 0) is 24.6 Å². The lowest BCUT2D eigenvalue weighted by molar-refractivity contribution is 0.754. The molecule has 3 N–H and O–H groups in total. The van der Waals surface area contributed by atoms with Crippen molar-refractivity contribution in [3.8, 4) is 0 Å². The van der Waals surface area contributed by atoms with E-state index in [-0.39, 0.29) is 4.87 Å². The number of anilines is 1. The molecule has 16 heavy (non-hydrogen) atoms. The van der Waals surface area contributed by atoms with Crippen LogP contribution < -0.4 is 16.1 Å². The first-order chi connectivity index (χ1) is 7.70. The van der Waals surface area contributed by atoms with E-state index in [0.717, 1.165) is 11.3 Å². The van der Waals surface area contributed by atoms with E-state index in [1.165, 1.54) is 11.3 Å². The Kier molecular flexibility index (Phi) is 3.02. The minimum Gasteiger partial charge on any atom is -0.308 e. The van der Waals surface area contributed by atoms with Crippen LogP contribution >= 0.6 is 11.3 Å². The molecule has 0 spiro atoms. The van der Waals surface area contributed by atoms with Crippen LogP contribution in [0.2, 0.25) is 0 Å². The van der Waals surface area contributed by atoms with Gasteiger partial charge in [-0.3, -0.25) is 9.36 Å². The standard InChI is InChI=1S/C10H12N4OS/c1-7-6-16-10(15)14(7)5-8-2-3-12-9(4-8)13-11/h2-4,6H,5,11H2,1H3,(H,12,13). The van der Waals surface area contributed by atoms with E-state index in [9.17, 15) is 4.79 Å². The van der Waals surface area contributed by atoms with Crippen molar-refractivity contribution in [2.24, 2.45) is 5.84 Å². The zero-order chi connectivity index (χ0) is 11.5. The maximum Gasteiger partial charge on any atom is 0.307 e. The molecule has 0 fully saturated rings. The summed E-state index contributed by atoms with van der Waals surface area (Å²) < 4.78 is 1.72. The van der Waals surface area contributed by atoms with Crippen molar-refractivity contribution in [3.05, 3.63) is 44.6 Å². The number of rotatable bonds is 3. The van der Waals surface area contributed by atoms with E-state index >= 15 is 0 Å². The number of hydrogen-bond donors (Lipinski definition) is 2. The minimum absolute atomic E-state index is 0.0524. The summed E-state index contributed by atoms with van der Waals surface area (Å²) in [5.74, 6) is 5.87. The quantitative estimate of drug-likeness (QED) is 0.614. The molecule has 2 aromatic rings. The summed E-state index contributed by atoms with van der Waals surface area (Å²) in [6.45, 7) is 2.46. The number of hydrazine groups is 1. The molecule has 2 heterocycles. The molecule has 0 saturated heterocycles. The van der Waals surface area contributed by atoms with Crippen LogP contribution in [0.5, 0.6) is 0 Å². The van der Waals surface area contributed by atoms with Crippen molar-refractivity contribution in [1.82, 2.24) is 9.55 Å². The first-order valence-corrected chi connectivity index (χ1v) is 5.65. The predicted molar refractivity (Wildman–Crippen MR) is 64.5 cm³/mol. The third-order valence-corrected chi connectivity index (χ3v) is 3.17. The highest BCUT2D eigenvalue weighted by Crippen LogP contribution is 2.09. The molecule has 0 bridgehead atoms. The van der Waals surface area contributed by atoms with Crippen LogP contribution in [0.25, 0.3) is 0 Å². The van der Waals surface area contributed by atoms with Gasteiger partial charge in [0.05, 0.1) is 6.54 Å². The van der Waals surface area contributed by atoms with E-state index in [1.807, 2.05) is 24.4 Å². The molecule has 0 saturated carbocycles. The molecule has 2 rings (SSSR count). The zero-order valence-electron chi connectivity index (χ0n) is 8.80. The molecule has 2 aromatic heterocycles. The first kappa shape index (κ1) is 10.8. The van der Waals surface area contributed by atoms with E-state index < -0.39 is 0 Å². The molecular weight excluding hydrogens is 224 g/mol. The number of thiazole rings is 1. The average Bonchev–Trinajstić information content (AvgIpc) is 2.61. The summed E-state index contributed by atoms with van der Waals surface area (Å²) in [5, 5.41) is 1.85. The summed E-state index contributed by atoms with van der Waals surface area (Å²) in [7, 11) is 0. The van der Waals surface area contributed by atoms with Crippen LogP contribution in [-0.4, -0.2) is 9.55 Å². The van der Waals surface area contributed by atoms with Crippen molar-refractivity contribution in [2.45, 2.75) is 13.5 Å². The molecule has 6 heteroatoms. The van der Waals surface area contributed by atoms with Gasteiger partial charge in [-0.2, -0.15) is 0 Å². The normalized spacial score (nSPS) is 10.4. The van der Waals surface area contributed by atoms with Gasteiger partial charge >= 0.3 is 4.87 Å². The van der Waals surface area contributed by atoms with Gasteiger partial charge < -0.3 is 5.43 Å². The summed E-state index contributed by atoms with van der Waals surface area (Å²) in [6.07, 6.45) is 1.66. The van der Waals surface area contributed by atoms with Crippen LogP contribution in [0, 0.1) is 6.92 Å². The lowest BCUT2D eigenvalue weighted by Gasteiger charge is -2.06. The van der Waals surface area contributed by atoms with Crippen LogP contribution in [0.1, 0.15) is 11.3 Å². The van der Waals surface area contributed by atoms with Crippen LogP contribution in [0.3, 0.4) is 0 Å². The van der Waals surface area contributed by atoms with Crippen molar-refractivity contribution < 1.29 is 0 Å². The van der Waals surface area contributed by atoms with Crippen molar-refractivity contribution >= 4 is 17.2 Å². The Morgan fingerprint density at radius 3 is 3.06 bits per heavy atom. The number of pyridine rings is 1. The van der Waals surface area contributed by atoms with E-state index in [2.05, 4.69) is 10.4 Å². The Labute approximate surface area is 96.5 Å². The highest BCUT2D eigenvalue weighted by Gasteiger charge is 2.04. The Morgan fingerprint density at radius 2 is 2.44 bits per heavy atom. The predicted octanol–water partition coefficient (Wildman–Crippen LogP) is 0.947. The van der Waals surface area contributed by atoms with Gasteiger partial charge in [0.2, 0.25) is 0 Å². The Morgan fingerprint density at radius 1 is 1.62 bits per heavy atom. The zero-order valence-corrected chi connectivity index (χ0v) is 9.62. The number of nitrogen functional groups attached to an aromatic ring is 1. The van der Waals surface area contributed by atoms with Crippen molar-refractivity contribution in [3.63, 3.8) is 0 Å². The van der Waals surface area contributed by atoms with Gasteiger partial charge in [-0.25, -0.2) is 10.8 Å². The summed E-state index contributed by atoms with van der Waals surface area (Å²) >= 11 is 1.21. The second-order valence-corrected chi connectivity index (χ2v) is 4.24. The van der Waals surface area contributed by atoms with Crippen LogP contribution in [0.4, 0.5) is 5.82 Å². The lowest BCUT2D eigenvalue weighted by Crippen LogP contribution is -2.16. The molecule has 0 radical (unpaired) electrons. The van der Waals surface area contributed by atoms with Crippen molar-refractivity contribution in [2.75, 3.05) is 5.43 Å². The largest absolute Gasteiger partial charge is 0.308 e. The molecule has 0 amide bonds. The van der Waals surface area contributed by atoms with Gasteiger partial charge in [0.1, 0.15) is 5.82 Å². The fourth-order valence-electron chi connectivity index (χ4n) is 1.43. The number of aryl methyl sites for hydroxylation is 1. The Balaban J connectivity index is 2.30. The highest BCUT2D eigenvalue weighted by atomic mass is 32.1. The molecule has 84 valence electrons. The lowest BCUT2D eigenvalue weighted by atomic mass is 10.2. The topological polar surface area (TPSA) is 72.9 Å². The van der Waals surface area contributed by atoms with Gasteiger partial charge in [-0.15, -0.1) is 0 Å². The summed E-state index contributed by atoms with van der Waals surface area (Å²) in [4.78, 5) is 15.6. The van der Waals surface area contributed by atoms with Crippen molar-refractivity contribution in [1.29, 1.82) is 0 Å². The number of hydrogen-bond acceptors (Lipinski definition) is 5. The molecule has 5 nitrogen and oxygen atoms in total. The molecule has 0 aliphatic heterocycles. The second-order valence-electron chi connectivity index (χ2n) is 3.42. The summed E-state index contributed by atoms with van der Waals surface area (Å²) in [6, 6.07) is 3.69. The highest BCUT2D eigenvalue weighted by molar-refractivity contribution is 7.07. The minimum atomic E-state index is 0.0524. The van der Waals surface area contributed by atoms with E-state index in [4.69, 9.17) is 5.84 Å². The third kappa shape index (κ3) is 2.12. The fourth-order valence-corrected chi connectivity index (χ4v) is 2.16. The molecule has 0 aromatic carbocycles. The second kappa shape index (κ2) is 4.46.